The summed E-state index contributed by atoms with van der Waals surface area (Å²) in [6.45, 7) is 17.3. The van der Waals surface area contributed by atoms with Crippen molar-refractivity contribution in [3.8, 4) is 0 Å². The lowest BCUT2D eigenvalue weighted by Crippen LogP contribution is -2.61. The van der Waals surface area contributed by atoms with E-state index < -0.39 is 258 Å². The van der Waals surface area contributed by atoms with Gasteiger partial charge in [-0.3, -0.25) is 76.9 Å². The molecular weight excluding hydrogens is 1440 g/mol. The maximum atomic E-state index is 15.8. The van der Waals surface area contributed by atoms with Crippen LogP contribution in [0.3, 0.4) is 0 Å². The minimum Gasteiger partial charge on any atom is -0.481 e. The van der Waals surface area contributed by atoms with E-state index in [1.54, 1.807) is 60.3 Å². The van der Waals surface area contributed by atoms with Gasteiger partial charge in [0.2, 0.25) is 53.2 Å². The monoisotopic (exact) mass is 1560 g/mol. The fraction of sp³-hybridized carbons (Fsp3) is 0.787. The number of carbonyl (C=O) groups is 15. The third-order valence-electron chi connectivity index (χ3n) is 22.6. The number of fused-ring (bicyclic) bond motifs is 4. The van der Waals surface area contributed by atoms with Gasteiger partial charge >= 0.3 is 5.97 Å². The van der Waals surface area contributed by atoms with E-state index in [9.17, 15) is 58.5 Å². The first-order valence-electron chi connectivity index (χ1n) is 38.8. The van der Waals surface area contributed by atoms with E-state index in [4.69, 9.17) is 22.9 Å². The molecule has 1 aliphatic carbocycles. The van der Waals surface area contributed by atoms with Gasteiger partial charge in [0.05, 0.1) is 37.6 Å². The second-order valence-electron chi connectivity index (χ2n) is 31.6. The van der Waals surface area contributed by atoms with Crippen LogP contribution in [-0.4, -0.2) is 228 Å². The Bertz CT molecular complexity index is 3250. The highest BCUT2D eigenvalue weighted by Gasteiger charge is 2.53. The standard InChI is InChI=1S/C75H123N13O18S2.H2/c1-12-40(6)49(72(105)86-26-18-23-53(86)59(94)31-46(65(77)98)34-61(96)97)35-60(95)64-75(10,11)108-107-38-51(82-69(102)62(41(7)13-2)83-66(99)43(9)76)67(100)81-50(37-90)58(93)30-45(21-17-25-80-74(78)79)56(91)33-48(36-89)57(92)32-47(28-39(4)5)71(104)87-27-19-24-54(87)73(106)88-52-22-16-15-20-44(52)29-55(88)68(101)84-63(42(8)14-3)70(103)85-64;/h39-55,62-64,89-90H,12-38,76H2,1-11H3,(H2,77,98)(H,81,100)(H,82,102)(H,83,99)(H,84,101)(H,85,103)(H,96,97)(H4,78,79,80);1H/t40-,41-,42-,43-,44-,45+,46-,47+,48-,49-,50-,51-,52-,53-,54-,55-,62-,63-,64+;/m0./s1. The maximum Gasteiger partial charge on any atom is 0.304 e. The van der Waals surface area contributed by atoms with Gasteiger partial charge in [-0.25, -0.2) is 0 Å². The zero-order chi connectivity index (χ0) is 80.8. The number of guanidine groups is 1. The van der Waals surface area contributed by atoms with Crippen molar-refractivity contribution in [2.24, 2.45) is 87.1 Å². The minimum absolute atomic E-state index is 0. The van der Waals surface area contributed by atoms with E-state index in [0.717, 1.165) is 34.4 Å². The van der Waals surface area contributed by atoms with Crippen LogP contribution < -0.4 is 49.5 Å². The van der Waals surface area contributed by atoms with E-state index in [0.29, 0.717) is 44.9 Å². The van der Waals surface area contributed by atoms with E-state index in [1.165, 1.54) is 16.7 Å². The Labute approximate surface area is 644 Å². The van der Waals surface area contributed by atoms with Crippen LogP contribution in [0.25, 0.3) is 0 Å². The lowest BCUT2D eigenvalue weighted by atomic mass is 9.82. The van der Waals surface area contributed by atoms with Crippen LogP contribution in [-0.2, 0) is 71.9 Å². The summed E-state index contributed by atoms with van der Waals surface area (Å²) < 4.78 is -1.49. The van der Waals surface area contributed by atoms with Gasteiger partial charge in [0, 0.05) is 93.4 Å². The van der Waals surface area contributed by atoms with E-state index in [2.05, 4.69) is 31.6 Å². The molecule has 0 radical (unpaired) electrons. The number of likely N-dealkylation sites (tertiary alicyclic amines) is 1. The number of nitrogens with two attached hydrogens (primary N) is 4. The van der Waals surface area contributed by atoms with Crippen LogP contribution in [0.2, 0.25) is 0 Å². The minimum atomic E-state index is -1.74. The lowest BCUT2D eigenvalue weighted by molar-refractivity contribution is -0.151. The number of aliphatic hydroxyl groups is 2. The number of rotatable bonds is 28. The van der Waals surface area contributed by atoms with Crippen molar-refractivity contribution in [2.45, 2.75) is 276 Å². The maximum absolute atomic E-state index is 15.8. The van der Waals surface area contributed by atoms with Gasteiger partial charge < -0.3 is 79.5 Å². The van der Waals surface area contributed by atoms with Gasteiger partial charge in [-0.05, 0) is 115 Å². The number of nitrogens with zero attached hydrogens (tertiary/aromatic N) is 4. The molecule has 0 aromatic rings. The summed E-state index contributed by atoms with van der Waals surface area (Å²) in [6, 6.07) is -12.3. The molecule has 9 amide bonds. The van der Waals surface area contributed by atoms with Crippen LogP contribution in [0.1, 0.15) is 212 Å². The van der Waals surface area contributed by atoms with E-state index >= 15 is 28.8 Å². The van der Waals surface area contributed by atoms with Gasteiger partial charge in [0.25, 0.3) is 0 Å². The van der Waals surface area contributed by atoms with Gasteiger partial charge in [-0.2, -0.15) is 0 Å². The zero-order valence-corrected chi connectivity index (χ0v) is 66.7. The Balaban J connectivity index is 0.0000251. The average molecular weight is 1560 g/mol. The van der Waals surface area contributed by atoms with Crippen LogP contribution in [0, 0.1) is 59.2 Å². The van der Waals surface area contributed by atoms with E-state index in [1.807, 2.05) is 13.8 Å². The number of aliphatic imine (C=N–C) groups is 1. The molecule has 5 rings (SSSR count). The fourth-order valence-corrected chi connectivity index (χ4v) is 18.4. The molecule has 0 aromatic heterocycles. The molecule has 31 nitrogen and oxygen atoms in total. The number of aliphatic carboxylic acids is 1. The first-order valence-corrected chi connectivity index (χ1v) is 41.1. The number of amides is 9. The van der Waals surface area contributed by atoms with Crippen molar-refractivity contribution in [3.63, 3.8) is 0 Å². The topological polar surface area (TPSA) is 503 Å². The van der Waals surface area contributed by atoms with Gasteiger partial charge in [-0.1, -0.05) is 109 Å². The molecule has 610 valence electrons. The Morgan fingerprint density at radius 3 is 1.93 bits per heavy atom. The summed E-state index contributed by atoms with van der Waals surface area (Å²) in [5, 5.41) is 45.2. The van der Waals surface area contributed by atoms with Crippen LogP contribution in [0.5, 0.6) is 0 Å². The van der Waals surface area contributed by atoms with Crippen molar-refractivity contribution in [1.29, 1.82) is 0 Å². The summed E-state index contributed by atoms with van der Waals surface area (Å²) in [5.41, 5.74) is 22.7. The van der Waals surface area contributed by atoms with Crippen LogP contribution >= 0.6 is 21.6 Å². The second kappa shape index (κ2) is 42.9. The van der Waals surface area contributed by atoms with Gasteiger partial charge in [0.1, 0.15) is 53.9 Å². The number of ketones is 5. The number of carboxylic acids is 1. The summed E-state index contributed by atoms with van der Waals surface area (Å²) in [5.74, 6) is -20.1. The normalized spacial score (nSPS) is 28.2. The summed E-state index contributed by atoms with van der Waals surface area (Å²) in [6.07, 6.45) is 2.06. The van der Waals surface area contributed by atoms with Crippen molar-refractivity contribution in [3.05, 3.63) is 0 Å². The molecular formula is C75H125N13O18S2. The fourth-order valence-electron chi connectivity index (χ4n) is 15.6. The average Bonchev–Trinajstić information content (AvgIpc) is 1.62. The number of carboxylic acid groups (broad SMARTS) is 1. The molecule has 0 aromatic carbocycles. The molecule has 4 aliphatic heterocycles. The first-order chi connectivity index (χ1) is 50.9. The Morgan fingerprint density at radius 1 is 0.685 bits per heavy atom. The van der Waals surface area contributed by atoms with Crippen LogP contribution in [0.15, 0.2) is 4.99 Å². The molecule has 0 spiro atoms. The highest BCUT2D eigenvalue weighted by Crippen LogP contribution is 2.43. The SMILES string of the molecule is CC[C@H](C)[C@H](CC(=O)[C@H]1NC(=O)[C@H]([C@@H](C)CC)NC(=O)[C@@H]2C[C@@H]3CCCC[C@@H]3N2C(=O)[C@@H]2CCCN2C(=O)[C@H](CC(C)C)CC(=O)[C@H](CO)CC(=O)[C@H](CCCN=C(N)N)CC(=O)[C@H](CO)NC(=O)[C@@H](NC(=O)[C@@H](NC(=O)[C@H](C)N)[C@@H](C)CC)CSSC1(C)C)C(=O)N1CCC[C@H]1C(=O)C[C@@H](CC(=O)O)C(N)=O.[HH]. The third kappa shape index (κ3) is 25.2. The summed E-state index contributed by atoms with van der Waals surface area (Å²) in [4.78, 5) is 226. The van der Waals surface area contributed by atoms with Crippen LogP contribution in [0.4, 0.5) is 0 Å². The molecule has 4 heterocycles. The smallest absolute Gasteiger partial charge is 0.304 e. The lowest BCUT2D eigenvalue weighted by Gasteiger charge is -2.38. The highest BCUT2D eigenvalue weighted by molar-refractivity contribution is 8.77. The van der Waals surface area contributed by atoms with Crippen molar-refractivity contribution >= 4 is 116 Å². The van der Waals surface area contributed by atoms with Gasteiger partial charge in [-0.15, -0.1) is 0 Å². The van der Waals surface area contributed by atoms with Crippen molar-refractivity contribution in [1.82, 2.24) is 41.3 Å². The Morgan fingerprint density at radius 2 is 1.32 bits per heavy atom. The molecule has 5 aliphatic rings. The first kappa shape index (κ1) is 91.5. The third-order valence-corrected chi connectivity index (χ3v) is 25.9. The second-order valence-corrected chi connectivity index (χ2v) is 34.6. The number of nitrogens with one attached hydrogen (secondary N) is 5. The van der Waals surface area contributed by atoms with Crippen molar-refractivity contribution in [2.75, 3.05) is 38.6 Å². The quantitative estimate of drug-likeness (QED) is 0.0231. The summed E-state index contributed by atoms with van der Waals surface area (Å²) >= 11 is 0. The molecule has 1 saturated carbocycles. The zero-order valence-electron chi connectivity index (χ0n) is 65.0. The largest absolute Gasteiger partial charge is 0.481 e. The Kier molecular flexibility index (Phi) is 36.4. The molecule has 108 heavy (non-hydrogen) atoms. The summed E-state index contributed by atoms with van der Waals surface area (Å²) in [7, 11) is 1.91. The number of aliphatic hydroxyl groups excluding tert-OH is 2. The predicted octanol–water partition coefficient (Wildman–Crippen LogP) is 2.38. The predicted molar refractivity (Wildman–Crippen MR) is 409 cm³/mol. The molecule has 0 bridgehead atoms. The molecule has 5 fully saturated rings. The van der Waals surface area contributed by atoms with E-state index in [-0.39, 0.29) is 77.4 Å². The number of hydrogen-bond acceptors (Lipinski definition) is 21. The number of primary amides is 1. The number of carbonyl (C=O) groups excluding carboxylic acids is 14. The molecule has 0 unspecified atom stereocenters. The molecule has 33 heteroatoms. The molecule has 19 atom stereocenters. The molecule has 4 saturated heterocycles. The molecule has 16 N–H and O–H groups in total. The number of hydrogen-bond donors (Lipinski definition) is 12. The Hall–Kier alpha value is -7.10. The number of Topliss-reactive ketones (excluding diaryl/α,β-unsaturated/α-hetero) is 5. The highest BCUT2D eigenvalue weighted by atomic mass is 33.1. The van der Waals surface area contributed by atoms with Crippen molar-refractivity contribution < 1.29 is 88.7 Å². The van der Waals surface area contributed by atoms with Gasteiger partial charge in [0.15, 0.2) is 23.3 Å².